The lowest BCUT2D eigenvalue weighted by Gasteiger charge is -2.36. The lowest BCUT2D eigenvalue weighted by molar-refractivity contribution is -0.141. The van der Waals surface area contributed by atoms with E-state index in [4.69, 9.17) is 27.3 Å². The number of anilines is 2. The minimum absolute atomic E-state index is 0.0149. The number of nitriles is 1. The van der Waals surface area contributed by atoms with Crippen LogP contribution >= 0.6 is 11.6 Å². The van der Waals surface area contributed by atoms with E-state index in [1.54, 1.807) is 6.07 Å². The summed E-state index contributed by atoms with van der Waals surface area (Å²) in [6, 6.07) is 4.32. The molecule has 2 amide bonds. The van der Waals surface area contributed by atoms with Crippen molar-refractivity contribution >= 4 is 47.0 Å². The topological polar surface area (TPSA) is 186 Å². The molecule has 18 heteroatoms. The maximum Gasteiger partial charge on any atom is 0.435 e. The van der Waals surface area contributed by atoms with Crippen LogP contribution in [-0.2, 0) is 22.3 Å². The number of hydrogen-bond donors (Lipinski definition) is 3. The number of fused-ring (bicyclic) bond motifs is 1. The Labute approximate surface area is 244 Å². The molecule has 0 spiro atoms. The number of nitrogens with one attached hydrogen (secondary N) is 2. The van der Waals surface area contributed by atoms with Gasteiger partial charge in [0.2, 0.25) is 5.91 Å². The number of benzene rings is 1. The monoisotopic (exact) mass is 616 g/mol. The molecular weight excluding hydrogens is 597 g/mol. The molecule has 1 fully saturated rings. The highest BCUT2D eigenvalue weighted by atomic mass is 35.5. The lowest BCUT2D eigenvalue weighted by Crippen LogP contribution is -2.59. The molecule has 4 N–H and O–H groups in total. The quantitative estimate of drug-likeness (QED) is 0.235. The number of carbonyl (C=O) groups excluding carboxylic acids is 3. The standard InChI is InChI=1S/C25H20ClF3N10O4/c26-19-14(24(42)34-8-18(41)37-9-13(31)10-37)1-2-16(20(19)43-12-40)35-22-23-33-7-17(39(23)6-4-32-22)15-11-38(5-3-30)36-21(15)25(27,28)29/h1-2,4,6-7,11-13H,5,8-10,31H2,(H,32,35)(H,34,42). The molecule has 4 aromatic rings. The molecular formula is C25H20ClF3N10O4. The fraction of sp³-hybridized carbons (Fsp3) is 0.240. The number of carbonyl (C=O) groups is 3. The van der Waals surface area contributed by atoms with Crippen LogP contribution in [0.2, 0.25) is 5.02 Å². The van der Waals surface area contributed by atoms with Crippen molar-refractivity contribution in [3.8, 4) is 23.1 Å². The van der Waals surface area contributed by atoms with E-state index >= 15 is 0 Å². The van der Waals surface area contributed by atoms with Gasteiger partial charge in [0, 0.05) is 37.7 Å². The third kappa shape index (κ3) is 5.78. The number of nitrogens with two attached hydrogens (primary N) is 1. The van der Waals surface area contributed by atoms with E-state index < -0.39 is 24.3 Å². The number of aromatic nitrogens is 5. The van der Waals surface area contributed by atoms with Gasteiger partial charge in [-0.1, -0.05) is 11.6 Å². The predicted molar refractivity (Wildman–Crippen MR) is 143 cm³/mol. The zero-order valence-corrected chi connectivity index (χ0v) is 22.6. The molecule has 0 unspecified atom stereocenters. The number of imidazole rings is 1. The average molecular weight is 617 g/mol. The van der Waals surface area contributed by atoms with E-state index in [9.17, 15) is 27.6 Å². The normalized spacial score (nSPS) is 13.3. The molecule has 4 heterocycles. The molecule has 222 valence electrons. The van der Waals surface area contributed by atoms with Crippen LogP contribution in [0.4, 0.5) is 24.7 Å². The summed E-state index contributed by atoms with van der Waals surface area (Å²) in [5.74, 6) is -1.25. The summed E-state index contributed by atoms with van der Waals surface area (Å²) in [6.45, 7) is 0.168. The van der Waals surface area contributed by atoms with Gasteiger partial charge >= 0.3 is 6.18 Å². The Kier molecular flexibility index (Phi) is 7.89. The minimum atomic E-state index is -4.81. The number of likely N-dealkylation sites (tertiary alicyclic amines) is 1. The first-order chi connectivity index (χ1) is 20.5. The summed E-state index contributed by atoms with van der Waals surface area (Å²) < 4.78 is 48.5. The number of halogens is 4. The largest absolute Gasteiger partial charge is 0.435 e. The molecule has 14 nitrogen and oxygen atoms in total. The van der Waals surface area contributed by atoms with Crippen LogP contribution in [0.1, 0.15) is 16.1 Å². The van der Waals surface area contributed by atoms with Crippen molar-refractivity contribution in [3.63, 3.8) is 0 Å². The Morgan fingerprint density at radius 1 is 1.28 bits per heavy atom. The van der Waals surface area contributed by atoms with Crippen LogP contribution in [0.3, 0.4) is 0 Å². The minimum Gasteiger partial charge on any atom is -0.425 e. The summed E-state index contributed by atoms with van der Waals surface area (Å²) in [5.41, 5.74) is 4.23. The van der Waals surface area contributed by atoms with Gasteiger partial charge in [-0.05, 0) is 12.1 Å². The van der Waals surface area contributed by atoms with Crippen molar-refractivity contribution in [3.05, 3.63) is 53.2 Å². The summed E-state index contributed by atoms with van der Waals surface area (Å²) >= 11 is 6.40. The van der Waals surface area contributed by atoms with Gasteiger partial charge in [-0.3, -0.25) is 23.5 Å². The van der Waals surface area contributed by atoms with Crippen molar-refractivity contribution in [2.24, 2.45) is 5.73 Å². The van der Waals surface area contributed by atoms with Crippen molar-refractivity contribution in [1.29, 1.82) is 5.26 Å². The highest BCUT2D eigenvalue weighted by Crippen LogP contribution is 2.39. The fourth-order valence-electron chi connectivity index (χ4n) is 4.38. The second-order valence-electron chi connectivity index (χ2n) is 9.24. The Morgan fingerprint density at radius 3 is 2.72 bits per heavy atom. The molecule has 0 bridgehead atoms. The molecule has 1 aromatic carbocycles. The number of hydrogen-bond acceptors (Lipinski definition) is 10. The van der Waals surface area contributed by atoms with Gasteiger partial charge in [0.15, 0.2) is 22.9 Å². The predicted octanol–water partition coefficient (Wildman–Crippen LogP) is 1.97. The third-order valence-electron chi connectivity index (χ3n) is 6.39. The number of ether oxygens (including phenoxy) is 1. The molecule has 1 aliphatic heterocycles. The van der Waals surface area contributed by atoms with E-state index in [1.807, 2.05) is 0 Å². The van der Waals surface area contributed by atoms with Crippen LogP contribution < -0.4 is 21.1 Å². The Morgan fingerprint density at radius 2 is 2.05 bits per heavy atom. The van der Waals surface area contributed by atoms with Crippen molar-refractivity contribution in [2.75, 3.05) is 25.0 Å². The zero-order chi connectivity index (χ0) is 30.9. The smallest absolute Gasteiger partial charge is 0.425 e. The second-order valence-corrected chi connectivity index (χ2v) is 9.62. The van der Waals surface area contributed by atoms with Crippen LogP contribution in [0, 0.1) is 11.3 Å². The zero-order valence-electron chi connectivity index (χ0n) is 21.8. The van der Waals surface area contributed by atoms with Crippen molar-refractivity contribution in [2.45, 2.75) is 18.8 Å². The third-order valence-corrected chi connectivity index (χ3v) is 6.77. The van der Waals surface area contributed by atoms with Gasteiger partial charge in [0.25, 0.3) is 12.4 Å². The molecule has 5 rings (SSSR count). The fourth-order valence-corrected chi connectivity index (χ4v) is 4.67. The first-order valence-corrected chi connectivity index (χ1v) is 12.7. The Balaban J connectivity index is 1.44. The van der Waals surface area contributed by atoms with Crippen LogP contribution in [0.5, 0.6) is 5.75 Å². The van der Waals surface area contributed by atoms with E-state index in [2.05, 4.69) is 25.7 Å². The highest BCUT2D eigenvalue weighted by molar-refractivity contribution is 6.36. The van der Waals surface area contributed by atoms with Gasteiger partial charge in [-0.25, -0.2) is 9.97 Å². The average Bonchev–Trinajstić information content (AvgIpc) is 3.57. The first kappa shape index (κ1) is 29.3. The maximum absolute atomic E-state index is 13.7. The molecule has 0 aliphatic carbocycles. The van der Waals surface area contributed by atoms with Crippen LogP contribution in [0.15, 0.2) is 36.9 Å². The summed E-state index contributed by atoms with van der Waals surface area (Å²) in [6.07, 6.45) is 0.135. The summed E-state index contributed by atoms with van der Waals surface area (Å²) in [4.78, 5) is 46.1. The molecule has 0 atom stereocenters. The van der Waals surface area contributed by atoms with Gasteiger partial charge in [0.05, 0.1) is 46.3 Å². The van der Waals surface area contributed by atoms with Crippen LogP contribution in [0.25, 0.3) is 16.9 Å². The molecule has 0 radical (unpaired) electrons. The van der Waals surface area contributed by atoms with Gasteiger partial charge in [-0.15, -0.1) is 0 Å². The number of alkyl halides is 3. The Bertz CT molecular complexity index is 1780. The van der Waals surface area contributed by atoms with Gasteiger partial charge in [-0.2, -0.15) is 23.5 Å². The SMILES string of the molecule is N#CCn1cc(-c2cnc3c(Nc4ccc(C(=O)NCC(=O)N5CC(N)C5)c(Cl)c4OC=O)nccn23)c(C(F)(F)F)n1. The van der Waals surface area contributed by atoms with Gasteiger partial charge in [0.1, 0.15) is 6.54 Å². The van der Waals surface area contributed by atoms with Crippen molar-refractivity contribution in [1.82, 2.24) is 34.4 Å². The second kappa shape index (κ2) is 11.6. The number of rotatable bonds is 9. The highest BCUT2D eigenvalue weighted by Gasteiger charge is 2.38. The van der Waals surface area contributed by atoms with E-state index in [-0.39, 0.29) is 69.7 Å². The lowest BCUT2D eigenvalue weighted by atomic mass is 10.1. The number of amides is 2. The van der Waals surface area contributed by atoms with Crippen LogP contribution in [-0.4, -0.2) is 73.0 Å². The van der Waals surface area contributed by atoms with Crippen molar-refractivity contribution < 1.29 is 32.3 Å². The molecule has 1 saturated heterocycles. The first-order valence-electron chi connectivity index (χ1n) is 12.4. The summed E-state index contributed by atoms with van der Waals surface area (Å²) in [5, 5.41) is 17.5. The number of nitrogens with zero attached hydrogens (tertiary/aromatic N) is 7. The van der Waals surface area contributed by atoms with E-state index in [1.165, 1.54) is 40.0 Å². The molecule has 1 aliphatic rings. The maximum atomic E-state index is 13.7. The van der Waals surface area contributed by atoms with E-state index in [0.717, 1.165) is 10.9 Å². The molecule has 43 heavy (non-hydrogen) atoms. The van der Waals surface area contributed by atoms with E-state index in [0.29, 0.717) is 13.1 Å². The van der Waals surface area contributed by atoms with Gasteiger partial charge < -0.3 is 26.0 Å². The molecule has 0 saturated carbocycles. The summed E-state index contributed by atoms with van der Waals surface area (Å²) in [7, 11) is 0. The molecule has 3 aromatic heterocycles. The Hall–Kier alpha value is -5.21.